The van der Waals surface area contributed by atoms with Crippen LogP contribution in [0.2, 0.25) is 0 Å². The third-order valence-electron chi connectivity index (χ3n) is 3.26. The fourth-order valence-corrected chi connectivity index (χ4v) is 2.37. The van der Waals surface area contributed by atoms with Gasteiger partial charge in [-0.2, -0.15) is 0 Å². The van der Waals surface area contributed by atoms with E-state index in [-0.39, 0.29) is 0 Å². The average Bonchev–Trinajstić information content (AvgIpc) is 2.33. The van der Waals surface area contributed by atoms with Gasteiger partial charge in [-0.1, -0.05) is 0 Å². The minimum Gasteiger partial charge on any atom is -0.481 e. The van der Waals surface area contributed by atoms with Gasteiger partial charge >= 0.3 is 5.97 Å². The van der Waals surface area contributed by atoms with E-state index in [1.165, 1.54) is 0 Å². The molecule has 0 aliphatic carbocycles. The highest BCUT2D eigenvalue weighted by molar-refractivity contribution is 5.67. The number of carboxylic acids is 1. The van der Waals surface area contributed by atoms with Crippen molar-refractivity contribution >= 4 is 5.97 Å². The van der Waals surface area contributed by atoms with Gasteiger partial charge in [-0.3, -0.25) is 4.79 Å². The normalized spacial score (nSPS) is 21.1. The summed E-state index contributed by atoms with van der Waals surface area (Å²) >= 11 is 0. The summed E-state index contributed by atoms with van der Waals surface area (Å²) in [6.07, 6.45) is 3.36. The van der Waals surface area contributed by atoms with Crippen LogP contribution in [0.3, 0.4) is 0 Å². The van der Waals surface area contributed by atoms with Gasteiger partial charge in [0.2, 0.25) is 0 Å². The second kappa shape index (κ2) is 9.30. The molecule has 1 N–H and O–H groups in total. The molecule has 1 atom stereocenters. The SMILES string of the molecule is COCCCOCCN1CCCC(CC(=O)O)C1. The quantitative estimate of drug-likeness (QED) is 0.631. The van der Waals surface area contributed by atoms with Crippen molar-refractivity contribution in [2.24, 2.45) is 5.92 Å². The van der Waals surface area contributed by atoms with Gasteiger partial charge in [-0.05, 0) is 31.7 Å². The van der Waals surface area contributed by atoms with E-state index in [1.54, 1.807) is 7.11 Å². The molecular weight excluding hydrogens is 234 g/mol. The Bertz CT molecular complexity index is 235. The van der Waals surface area contributed by atoms with E-state index >= 15 is 0 Å². The van der Waals surface area contributed by atoms with Gasteiger partial charge < -0.3 is 19.5 Å². The first kappa shape index (κ1) is 15.4. The summed E-state index contributed by atoms with van der Waals surface area (Å²) in [6, 6.07) is 0. The van der Waals surface area contributed by atoms with E-state index in [0.29, 0.717) is 12.3 Å². The maximum absolute atomic E-state index is 10.7. The molecule has 1 fully saturated rings. The van der Waals surface area contributed by atoms with E-state index < -0.39 is 5.97 Å². The number of likely N-dealkylation sites (tertiary alicyclic amines) is 1. The molecule has 0 saturated carbocycles. The number of nitrogens with zero attached hydrogens (tertiary/aromatic N) is 1. The Balaban J connectivity index is 2.05. The van der Waals surface area contributed by atoms with Gasteiger partial charge in [-0.25, -0.2) is 0 Å². The summed E-state index contributed by atoms with van der Waals surface area (Å²) in [5.41, 5.74) is 0. The molecule has 0 radical (unpaired) electrons. The highest BCUT2D eigenvalue weighted by Gasteiger charge is 2.21. The van der Waals surface area contributed by atoms with Crippen LogP contribution < -0.4 is 0 Å². The highest BCUT2D eigenvalue weighted by atomic mass is 16.5. The lowest BCUT2D eigenvalue weighted by molar-refractivity contribution is -0.138. The van der Waals surface area contributed by atoms with Crippen molar-refractivity contribution in [1.82, 2.24) is 4.90 Å². The minimum atomic E-state index is -0.683. The number of hydrogen-bond donors (Lipinski definition) is 1. The summed E-state index contributed by atoms with van der Waals surface area (Å²) in [5, 5.41) is 8.79. The molecule has 5 heteroatoms. The summed E-state index contributed by atoms with van der Waals surface area (Å²) in [7, 11) is 1.69. The van der Waals surface area contributed by atoms with E-state index in [0.717, 1.165) is 58.7 Å². The molecule has 0 aromatic carbocycles. The number of hydrogen-bond acceptors (Lipinski definition) is 4. The average molecular weight is 259 g/mol. The van der Waals surface area contributed by atoms with Crippen LogP contribution in [0.15, 0.2) is 0 Å². The van der Waals surface area contributed by atoms with Crippen LogP contribution in [-0.2, 0) is 14.3 Å². The van der Waals surface area contributed by atoms with Crippen molar-refractivity contribution < 1.29 is 19.4 Å². The topological polar surface area (TPSA) is 59.0 Å². The number of carbonyl (C=O) groups is 1. The van der Waals surface area contributed by atoms with Crippen LogP contribution in [-0.4, -0.2) is 62.5 Å². The summed E-state index contributed by atoms with van der Waals surface area (Å²) in [5.74, 6) is -0.373. The number of ether oxygens (including phenoxy) is 2. The van der Waals surface area contributed by atoms with Gasteiger partial charge in [0.05, 0.1) is 6.61 Å². The van der Waals surface area contributed by atoms with Crippen molar-refractivity contribution in [3.63, 3.8) is 0 Å². The van der Waals surface area contributed by atoms with Crippen LogP contribution in [0.4, 0.5) is 0 Å². The van der Waals surface area contributed by atoms with Crippen molar-refractivity contribution in [2.45, 2.75) is 25.7 Å². The molecule has 0 aromatic rings. The number of piperidine rings is 1. The van der Waals surface area contributed by atoms with Crippen LogP contribution in [0.25, 0.3) is 0 Å². The lowest BCUT2D eigenvalue weighted by atomic mass is 9.95. The Morgan fingerprint density at radius 1 is 1.39 bits per heavy atom. The second-order valence-corrected chi connectivity index (χ2v) is 4.87. The summed E-state index contributed by atoms with van der Waals surface area (Å²) in [6.45, 7) is 5.07. The van der Waals surface area contributed by atoms with Gasteiger partial charge in [0, 0.05) is 39.8 Å². The standard InChI is InChI=1S/C13H25NO4/c1-17-7-3-8-18-9-6-14-5-2-4-12(11-14)10-13(15)16/h12H,2-11H2,1H3,(H,15,16). The summed E-state index contributed by atoms with van der Waals surface area (Å²) in [4.78, 5) is 13.0. The third-order valence-corrected chi connectivity index (χ3v) is 3.26. The maximum Gasteiger partial charge on any atom is 0.303 e. The lowest BCUT2D eigenvalue weighted by Crippen LogP contribution is -2.38. The zero-order valence-corrected chi connectivity index (χ0v) is 11.3. The molecule has 0 amide bonds. The van der Waals surface area contributed by atoms with E-state index in [4.69, 9.17) is 14.6 Å². The minimum absolute atomic E-state index is 0.297. The molecule has 5 nitrogen and oxygen atoms in total. The van der Waals surface area contributed by atoms with Gasteiger partial charge in [0.25, 0.3) is 0 Å². The molecule has 1 aliphatic rings. The smallest absolute Gasteiger partial charge is 0.303 e. The van der Waals surface area contributed by atoms with Crippen molar-refractivity contribution in [3.8, 4) is 0 Å². The molecule has 1 aliphatic heterocycles. The number of carboxylic acid groups (broad SMARTS) is 1. The summed E-state index contributed by atoms with van der Waals surface area (Å²) < 4.78 is 10.5. The first-order chi connectivity index (χ1) is 8.72. The van der Waals surface area contributed by atoms with Crippen LogP contribution >= 0.6 is 0 Å². The molecule has 0 aromatic heterocycles. The second-order valence-electron chi connectivity index (χ2n) is 4.87. The third kappa shape index (κ3) is 6.93. The first-order valence-electron chi connectivity index (χ1n) is 6.73. The van der Waals surface area contributed by atoms with Crippen LogP contribution in [0, 0.1) is 5.92 Å². The van der Waals surface area contributed by atoms with E-state index in [1.807, 2.05) is 0 Å². The molecule has 18 heavy (non-hydrogen) atoms. The predicted octanol–water partition coefficient (Wildman–Crippen LogP) is 1.23. The zero-order chi connectivity index (χ0) is 13.2. The Morgan fingerprint density at radius 3 is 2.94 bits per heavy atom. The Hall–Kier alpha value is -0.650. The molecule has 0 spiro atoms. The molecule has 1 saturated heterocycles. The van der Waals surface area contributed by atoms with E-state index in [2.05, 4.69) is 4.90 Å². The fourth-order valence-electron chi connectivity index (χ4n) is 2.37. The van der Waals surface area contributed by atoms with Crippen molar-refractivity contribution in [3.05, 3.63) is 0 Å². The van der Waals surface area contributed by atoms with Gasteiger partial charge in [-0.15, -0.1) is 0 Å². The zero-order valence-electron chi connectivity index (χ0n) is 11.3. The monoisotopic (exact) mass is 259 g/mol. The van der Waals surface area contributed by atoms with Crippen molar-refractivity contribution in [1.29, 1.82) is 0 Å². The fraction of sp³-hybridized carbons (Fsp3) is 0.923. The highest BCUT2D eigenvalue weighted by Crippen LogP contribution is 2.19. The number of rotatable bonds is 9. The predicted molar refractivity (Wildman–Crippen MR) is 68.7 cm³/mol. The van der Waals surface area contributed by atoms with Crippen molar-refractivity contribution in [2.75, 3.05) is 46.6 Å². The number of aliphatic carboxylic acids is 1. The van der Waals surface area contributed by atoms with Crippen LogP contribution in [0.1, 0.15) is 25.7 Å². The molecular formula is C13H25NO4. The molecule has 1 rings (SSSR count). The molecule has 1 heterocycles. The Labute approximate surface area is 109 Å². The lowest BCUT2D eigenvalue weighted by Gasteiger charge is -2.31. The number of methoxy groups -OCH3 is 1. The largest absolute Gasteiger partial charge is 0.481 e. The van der Waals surface area contributed by atoms with Gasteiger partial charge in [0.15, 0.2) is 0 Å². The Morgan fingerprint density at radius 2 is 2.22 bits per heavy atom. The Kier molecular flexibility index (Phi) is 7.96. The maximum atomic E-state index is 10.7. The first-order valence-corrected chi connectivity index (χ1v) is 6.73. The molecule has 106 valence electrons. The molecule has 1 unspecified atom stereocenters. The van der Waals surface area contributed by atoms with Crippen LogP contribution in [0.5, 0.6) is 0 Å². The van der Waals surface area contributed by atoms with E-state index in [9.17, 15) is 4.79 Å². The van der Waals surface area contributed by atoms with Gasteiger partial charge in [0.1, 0.15) is 0 Å². The molecule has 0 bridgehead atoms.